The minimum absolute atomic E-state index is 0.173. The van der Waals surface area contributed by atoms with E-state index in [2.05, 4.69) is 10.1 Å². The van der Waals surface area contributed by atoms with Crippen molar-refractivity contribution < 1.29 is 18.8 Å². The van der Waals surface area contributed by atoms with Gasteiger partial charge in [-0.3, -0.25) is 10.1 Å². The summed E-state index contributed by atoms with van der Waals surface area (Å²) in [6, 6.07) is 13.7. The fourth-order valence-corrected chi connectivity index (χ4v) is 1.97. The van der Waals surface area contributed by atoms with Gasteiger partial charge in [-0.05, 0) is 23.8 Å². The normalized spacial score (nSPS) is 11.0. The van der Waals surface area contributed by atoms with Crippen molar-refractivity contribution in [1.29, 1.82) is 0 Å². The smallest absolute Gasteiger partial charge is 0.338 e. The number of nitrogens with one attached hydrogen (secondary N) is 1. The van der Waals surface area contributed by atoms with Crippen molar-refractivity contribution in [2.24, 2.45) is 0 Å². The van der Waals surface area contributed by atoms with Crippen LogP contribution in [0.3, 0.4) is 0 Å². The quantitative estimate of drug-likeness (QED) is 0.531. The van der Waals surface area contributed by atoms with Crippen molar-refractivity contribution in [3.05, 3.63) is 69.8 Å². The van der Waals surface area contributed by atoms with Crippen molar-refractivity contribution in [2.75, 3.05) is 18.6 Å². The summed E-state index contributed by atoms with van der Waals surface area (Å²) in [5.74, 6) is -0.478. The molecule has 0 saturated heterocycles. The van der Waals surface area contributed by atoms with E-state index in [0.29, 0.717) is 17.8 Å². The molecular weight excluding hydrogens is 303 g/mol. The van der Waals surface area contributed by atoms with Crippen molar-refractivity contribution in [3.8, 4) is 0 Å². The molecule has 0 unspecified atom stereocenters. The number of carbonyl (C=O) groups excluding carboxylic acids is 1. The van der Waals surface area contributed by atoms with Crippen LogP contribution in [0.4, 0.5) is 15.8 Å². The molecule has 23 heavy (non-hydrogen) atoms. The average molecular weight is 318 g/mol. The minimum Gasteiger partial charge on any atom is -0.459 e. The van der Waals surface area contributed by atoms with E-state index in [0.717, 1.165) is 5.56 Å². The van der Waals surface area contributed by atoms with Gasteiger partial charge in [0.05, 0.1) is 10.5 Å². The molecule has 0 aromatic heterocycles. The molecule has 0 atom stereocenters. The second-order valence-electron chi connectivity index (χ2n) is 4.65. The lowest BCUT2D eigenvalue weighted by Gasteiger charge is -2.13. The Morgan fingerprint density at radius 1 is 1.26 bits per heavy atom. The molecule has 2 aliphatic rings. The Hall–Kier alpha value is -2.96. The van der Waals surface area contributed by atoms with Crippen LogP contribution in [0.25, 0.3) is 0 Å². The molecular formula is C16H15FN2O4. The number of alkyl halides is 1. The Labute approximate surface area is 132 Å². The monoisotopic (exact) mass is 318 g/mol. The Kier molecular flexibility index (Phi) is 5.62. The third-order valence-electron chi connectivity index (χ3n) is 3.06. The molecule has 0 fully saturated rings. The maximum absolute atomic E-state index is 11.6. The molecule has 0 aliphatic carbocycles. The van der Waals surface area contributed by atoms with Gasteiger partial charge in [-0.1, -0.05) is 24.3 Å². The number of benzene rings is 2. The lowest BCUT2D eigenvalue weighted by atomic mass is 10.1. The number of carbonyl (C=O) groups is 1. The molecule has 4 rings (SSSR count). The molecule has 6 nitrogen and oxygen atoms in total. The van der Waals surface area contributed by atoms with Crippen LogP contribution >= 0.6 is 0 Å². The topological polar surface area (TPSA) is 81.5 Å². The van der Waals surface area contributed by atoms with Crippen molar-refractivity contribution >= 4 is 17.3 Å². The van der Waals surface area contributed by atoms with E-state index >= 15 is 0 Å². The number of hydrogen-bond donors (Lipinski definition) is 1. The first-order chi connectivity index (χ1) is 11.1. The highest BCUT2D eigenvalue weighted by molar-refractivity contribution is 5.89. The number of fused-ring (bicyclic) bond motifs is 3. The number of nitro benzene ring substituents is 1. The van der Waals surface area contributed by atoms with Crippen LogP contribution in [0.15, 0.2) is 48.5 Å². The Morgan fingerprint density at radius 2 is 2.00 bits per heavy atom. The second kappa shape index (κ2) is 7.88. The molecule has 0 radical (unpaired) electrons. The summed E-state index contributed by atoms with van der Waals surface area (Å²) >= 11 is 0. The number of nitrogens with zero attached hydrogens (tertiary/aromatic N) is 1. The van der Waals surface area contributed by atoms with E-state index in [1.807, 2.05) is 6.07 Å². The summed E-state index contributed by atoms with van der Waals surface area (Å²) in [4.78, 5) is 21.0. The zero-order chi connectivity index (χ0) is 16.7. The lowest BCUT2D eigenvalue weighted by molar-refractivity contribution is -0.384. The summed E-state index contributed by atoms with van der Waals surface area (Å²) in [7, 11) is 0. The first kappa shape index (κ1) is 16.4. The maximum Gasteiger partial charge on any atom is 0.338 e. The van der Waals surface area contributed by atoms with Crippen LogP contribution in [0.5, 0.6) is 0 Å². The first-order valence-corrected chi connectivity index (χ1v) is 6.91. The van der Waals surface area contributed by atoms with E-state index in [9.17, 15) is 19.3 Å². The predicted molar refractivity (Wildman–Crippen MR) is 83.1 cm³/mol. The molecule has 7 heteroatoms. The van der Waals surface area contributed by atoms with Crippen molar-refractivity contribution in [3.63, 3.8) is 0 Å². The lowest BCUT2D eigenvalue weighted by Crippen LogP contribution is -2.08. The third-order valence-corrected chi connectivity index (χ3v) is 3.06. The van der Waals surface area contributed by atoms with E-state index < -0.39 is 12.6 Å². The number of hydrogen-bond acceptors (Lipinski definition) is 5. The van der Waals surface area contributed by atoms with Gasteiger partial charge in [0.15, 0.2) is 0 Å². The number of rotatable bonds is 4. The molecule has 2 aliphatic heterocycles. The molecule has 2 bridgehead atoms. The number of ether oxygens (including phenoxy) is 1. The standard InChI is InChI=1S/C9H9FO2.C7H6N2O2/c10-6-7-12-9(11)8-4-2-1-3-5-8;10-9(11)7-3-5-1-2-6(7)8-4-5/h1-5H,6-7H2;1-3,8H,4H2. The van der Waals surface area contributed by atoms with E-state index in [4.69, 9.17) is 0 Å². The van der Waals surface area contributed by atoms with Crippen LogP contribution in [-0.4, -0.2) is 24.2 Å². The van der Waals surface area contributed by atoms with Crippen LogP contribution in [-0.2, 0) is 11.3 Å². The van der Waals surface area contributed by atoms with Gasteiger partial charge in [-0.25, -0.2) is 9.18 Å². The fraction of sp³-hybridized carbons (Fsp3) is 0.188. The van der Waals surface area contributed by atoms with Gasteiger partial charge in [0.2, 0.25) is 0 Å². The molecule has 1 N–H and O–H groups in total. The third kappa shape index (κ3) is 4.50. The van der Waals surface area contributed by atoms with Gasteiger partial charge >= 0.3 is 5.97 Å². The molecule has 2 aromatic carbocycles. The first-order valence-electron chi connectivity index (χ1n) is 6.91. The zero-order valence-corrected chi connectivity index (χ0v) is 12.2. The Bertz CT molecular complexity index is 692. The van der Waals surface area contributed by atoms with Crippen molar-refractivity contribution in [1.82, 2.24) is 0 Å². The van der Waals surface area contributed by atoms with E-state index in [1.165, 1.54) is 0 Å². The van der Waals surface area contributed by atoms with Crippen molar-refractivity contribution in [2.45, 2.75) is 6.54 Å². The molecule has 0 saturated carbocycles. The fourth-order valence-electron chi connectivity index (χ4n) is 1.97. The Morgan fingerprint density at radius 3 is 2.43 bits per heavy atom. The largest absolute Gasteiger partial charge is 0.459 e. The van der Waals surface area contributed by atoms with Crippen LogP contribution in [0.1, 0.15) is 15.9 Å². The van der Waals surface area contributed by atoms with E-state index in [1.54, 1.807) is 42.5 Å². The molecule has 2 aromatic rings. The molecule has 120 valence electrons. The van der Waals surface area contributed by atoms with Gasteiger partial charge in [0, 0.05) is 12.6 Å². The van der Waals surface area contributed by atoms with Gasteiger partial charge < -0.3 is 10.1 Å². The highest BCUT2D eigenvalue weighted by Crippen LogP contribution is 2.30. The van der Waals surface area contributed by atoms with Gasteiger partial charge in [0.25, 0.3) is 5.69 Å². The van der Waals surface area contributed by atoms with Crippen LogP contribution in [0, 0.1) is 10.1 Å². The summed E-state index contributed by atoms with van der Waals surface area (Å²) in [6.07, 6.45) is 0. The number of halogens is 1. The van der Waals surface area contributed by atoms with Gasteiger partial charge in [-0.2, -0.15) is 0 Å². The number of anilines is 1. The van der Waals surface area contributed by atoms with Gasteiger partial charge in [-0.15, -0.1) is 0 Å². The summed E-state index contributed by atoms with van der Waals surface area (Å²) in [5, 5.41) is 13.3. The summed E-state index contributed by atoms with van der Waals surface area (Å²) in [6.45, 7) is -0.102. The second-order valence-corrected chi connectivity index (χ2v) is 4.65. The van der Waals surface area contributed by atoms with Crippen LogP contribution < -0.4 is 5.32 Å². The zero-order valence-electron chi connectivity index (χ0n) is 12.2. The average Bonchev–Trinajstić information content (AvgIpc) is 2.62. The molecule has 0 amide bonds. The molecule has 2 heterocycles. The molecule has 0 spiro atoms. The number of esters is 1. The van der Waals surface area contributed by atoms with Gasteiger partial charge in [0.1, 0.15) is 19.0 Å². The maximum atomic E-state index is 11.6. The van der Waals surface area contributed by atoms with Crippen LogP contribution in [0.2, 0.25) is 0 Å². The highest BCUT2D eigenvalue weighted by atomic mass is 19.1. The number of nitro groups is 1. The highest BCUT2D eigenvalue weighted by Gasteiger charge is 2.18. The minimum atomic E-state index is -0.640. The van der Waals surface area contributed by atoms with E-state index in [-0.39, 0.29) is 17.2 Å². The summed E-state index contributed by atoms with van der Waals surface area (Å²) in [5.41, 5.74) is 2.21. The Balaban J connectivity index is 0.000000167. The predicted octanol–water partition coefficient (Wildman–Crippen LogP) is 3.33. The summed E-state index contributed by atoms with van der Waals surface area (Å²) < 4.78 is 16.2. The SMILES string of the molecule is O=C(OCCF)c1ccccc1.O=[N+]([O-])c1cc2ccc1NC2.